The first-order chi connectivity index (χ1) is 14.7. The van der Waals surface area contributed by atoms with Crippen LogP contribution in [-0.4, -0.2) is 8.07 Å². The normalized spacial score (nSPS) is 15.3. The molecule has 34 heavy (non-hydrogen) atoms. The Morgan fingerprint density at radius 3 is 1.85 bits per heavy atom. The first kappa shape index (κ1) is 31.5. The zero-order valence-corrected chi connectivity index (χ0v) is 26.2. The summed E-state index contributed by atoms with van der Waals surface area (Å²) < 4.78 is 1.46. The van der Waals surface area contributed by atoms with E-state index >= 15 is 0 Å². The van der Waals surface area contributed by atoms with Gasteiger partial charge in [0.05, 0.1) is 0 Å². The maximum absolute atomic E-state index is 2.70. The Hall–Kier alpha value is -0.539. The Morgan fingerprint density at radius 1 is 0.735 bits per heavy atom. The van der Waals surface area contributed by atoms with Crippen LogP contribution in [0.3, 0.4) is 0 Å². The van der Waals surface area contributed by atoms with Crippen LogP contribution in [0.1, 0.15) is 64.3 Å². The van der Waals surface area contributed by atoms with Crippen LogP contribution in [0.4, 0.5) is 0 Å². The fourth-order valence-corrected chi connectivity index (χ4v) is 12.9. The molecular formula is C29H35Cl3SiTi. The third kappa shape index (κ3) is 4.87. The van der Waals surface area contributed by atoms with E-state index in [4.69, 9.17) is 0 Å². The van der Waals surface area contributed by atoms with Crippen molar-refractivity contribution in [1.82, 2.24) is 0 Å². The van der Waals surface area contributed by atoms with Crippen LogP contribution < -0.4 is 46.3 Å². The van der Waals surface area contributed by atoms with E-state index in [2.05, 4.69) is 111 Å². The predicted octanol–water partition coefficient (Wildman–Crippen LogP) is -2.15. The summed E-state index contributed by atoms with van der Waals surface area (Å²) in [6, 6.07) is 17.5. The van der Waals surface area contributed by atoms with Gasteiger partial charge in [0, 0.05) is 0 Å². The van der Waals surface area contributed by atoms with Gasteiger partial charge in [0.2, 0.25) is 0 Å². The first-order valence-corrected chi connectivity index (χ1v) is 15.3. The van der Waals surface area contributed by atoms with Crippen LogP contribution in [0.5, 0.6) is 0 Å². The van der Waals surface area contributed by atoms with Crippen molar-refractivity contribution in [3.05, 3.63) is 81.4 Å². The van der Waals surface area contributed by atoms with Crippen molar-refractivity contribution in [2.45, 2.75) is 72.5 Å². The van der Waals surface area contributed by atoms with Gasteiger partial charge in [0.25, 0.3) is 0 Å². The van der Waals surface area contributed by atoms with Gasteiger partial charge in [-0.25, -0.2) is 0 Å². The quantitative estimate of drug-likeness (QED) is 0.310. The molecule has 1 aliphatic rings. The molecule has 1 aliphatic carbocycles. The molecule has 2 atom stereocenters. The molecule has 180 valence electrons. The smallest absolute Gasteiger partial charge is 1.00 e. The number of fused-ring (bicyclic) bond motifs is 3. The largest absolute Gasteiger partial charge is 1.00 e. The third-order valence-corrected chi connectivity index (χ3v) is 14.1. The van der Waals surface area contributed by atoms with Gasteiger partial charge in [-0.05, 0) is 0 Å². The van der Waals surface area contributed by atoms with E-state index in [1.54, 1.807) is 27.4 Å². The minimum absolute atomic E-state index is 0. The number of rotatable bonds is 5. The SMILES string of the molecule is CCCC[Si](C)(c1c(C)c(C)c(C)c(C)c1C)C1c2ccccc2-c2ccc[c]([Ti+3])c21.[Cl-].[Cl-].[Cl-]. The molecule has 5 heteroatoms. The molecule has 0 heterocycles. The van der Waals surface area contributed by atoms with Gasteiger partial charge in [-0.1, -0.05) is 0 Å². The monoisotopic (exact) mass is 564 g/mol. The van der Waals surface area contributed by atoms with Gasteiger partial charge < -0.3 is 37.2 Å². The topological polar surface area (TPSA) is 0 Å². The van der Waals surface area contributed by atoms with E-state index in [1.165, 1.54) is 50.6 Å². The summed E-state index contributed by atoms with van der Waals surface area (Å²) in [5, 5.41) is 1.73. The van der Waals surface area contributed by atoms with E-state index in [0.717, 1.165) is 0 Å². The van der Waals surface area contributed by atoms with Crippen molar-refractivity contribution in [3.8, 4) is 11.1 Å². The zero-order chi connectivity index (χ0) is 22.5. The van der Waals surface area contributed by atoms with Crippen LogP contribution in [-0.2, 0) is 20.4 Å². The van der Waals surface area contributed by atoms with Gasteiger partial charge in [0.1, 0.15) is 0 Å². The zero-order valence-electron chi connectivity index (χ0n) is 21.4. The molecule has 0 nitrogen and oxygen atoms in total. The summed E-state index contributed by atoms with van der Waals surface area (Å²) in [6.07, 6.45) is 2.58. The number of hydrogen-bond donors (Lipinski definition) is 0. The third-order valence-electron chi connectivity index (χ3n) is 8.21. The minimum Gasteiger partial charge on any atom is -1.00 e. The van der Waals surface area contributed by atoms with E-state index in [0.29, 0.717) is 5.54 Å². The molecule has 0 saturated carbocycles. The summed E-state index contributed by atoms with van der Waals surface area (Å²) in [5.41, 5.74) is 14.3. The number of benzene rings is 3. The van der Waals surface area contributed by atoms with Gasteiger partial charge in [-0.3, -0.25) is 0 Å². The molecule has 0 saturated heterocycles. The molecule has 0 N–H and O–H groups in total. The van der Waals surface area contributed by atoms with Crippen LogP contribution in [0.25, 0.3) is 11.1 Å². The van der Waals surface area contributed by atoms with Crippen LogP contribution in [0.2, 0.25) is 12.6 Å². The molecule has 3 aromatic rings. The van der Waals surface area contributed by atoms with Gasteiger partial charge in [-0.2, -0.15) is 0 Å². The summed E-state index contributed by atoms with van der Waals surface area (Å²) in [7, 11) is -1.92. The van der Waals surface area contributed by atoms with E-state index in [-0.39, 0.29) is 37.2 Å². The fraction of sp³-hybridized carbons (Fsp3) is 0.379. The Kier molecular flexibility index (Phi) is 11.2. The molecule has 0 fully saturated rings. The Balaban J connectivity index is 0.00000193. The fourth-order valence-electron chi connectivity index (χ4n) is 6.24. The predicted molar refractivity (Wildman–Crippen MR) is 134 cm³/mol. The van der Waals surface area contributed by atoms with Crippen LogP contribution in [0, 0.1) is 34.6 Å². The van der Waals surface area contributed by atoms with Crippen molar-refractivity contribution < 1.29 is 57.7 Å². The molecule has 4 rings (SSSR count). The summed E-state index contributed by atoms with van der Waals surface area (Å²) in [4.78, 5) is 0. The molecule has 0 amide bonds. The standard InChI is InChI=1S/C29H35Si.3ClH.Ti/c1-8-9-18-30(7,28-22(5)20(3)19(2)21(4)23(28)6)29-26-16-12-10-14-24(26)25-15-11-13-17-27(25)29;;;;/h10-16,29H,8-9,18H2,1-7H3;3*1H;/q;;;;+3/p-3. The molecule has 3 aromatic carbocycles. The molecular weight excluding hydrogens is 531 g/mol. The Labute approximate surface area is 238 Å². The average molecular weight is 566 g/mol. The minimum atomic E-state index is -1.92. The summed E-state index contributed by atoms with van der Waals surface area (Å²) >= 11 is 2.33. The second-order valence-electron chi connectivity index (χ2n) is 9.81. The summed E-state index contributed by atoms with van der Waals surface area (Å²) in [5.74, 6) is 0. The van der Waals surface area contributed by atoms with Crippen molar-refractivity contribution in [1.29, 1.82) is 0 Å². The Bertz CT molecular complexity index is 1150. The van der Waals surface area contributed by atoms with E-state index in [9.17, 15) is 0 Å². The van der Waals surface area contributed by atoms with Gasteiger partial charge >= 0.3 is 203 Å². The van der Waals surface area contributed by atoms with Crippen molar-refractivity contribution in [2.75, 3.05) is 0 Å². The second-order valence-corrected chi connectivity index (χ2v) is 15.1. The van der Waals surface area contributed by atoms with Crippen molar-refractivity contribution in [2.24, 2.45) is 0 Å². The van der Waals surface area contributed by atoms with Crippen molar-refractivity contribution >= 4 is 17.1 Å². The maximum atomic E-state index is 2.70. The van der Waals surface area contributed by atoms with Crippen LogP contribution in [0.15, 0.2) is 42.5 Å². The second kappa shape index (κ2) is 12.1. The average Bonchev–Trinajstić information content (AvgIpc) is 3.11. The van der Waals surface area contributed by atoms with E-state index < -0.39 is 8.07 Å². The van der Waals surface area contributed by atoms with Gasteiger partial charge in [0.15, 0.2) is 0 Å². The van der Waals surface area contributed by atoms with Crippen molar-refractivity contribution in [3.63, 3.8) is 0 Å². The molecule has 0 bridgehead atoms. The first-order valence-electron chi connectivity index (χ1n) is 11.7. The molecule has 2 unspecified atom stereocenters. The number of unbranched alkanes of at least 4 members (excludes halogenated alkanes) is 1. The number of halogens is 3. The van der Waals surface area contributed by atoms with E-state index in [1.807, 2.05) is 0 Å². The molecule has 0 aliphatic heterocycles. The molecule has 0 radical (unpaired) electrons. The van der Waals surface area contributed by atoms with Gasteiger partial charge in [-0.15, -0.1) is 0 Å². The Morgan fingerprint density at radius 2 is 1.26 bits per heavy atom. The van der Waals surface area contributed by atoms with Crippen LogP contribution >= 0.6 is 0 Å². The maximum Gasteiger partial charge on any atom is -1.00 e. The molecule has 0 aromatic heterocycles. The molecule has 0 spiro atoms. The summed E-state index contributed by atoms with van der Waals surface area (Å²) in [6.45, 7) is 16.9. The number of hydrogen-bond acceptors (Lipinski definition) is 0.